The first-order valence-electron chi connectivity index (χ1n) is 8.82. The Morgan fingerprint density at radius 1 is 1.26 bits per heavy atom. The average Bonchev–Trinajstić information content (AvgIpc) is 2.88. The average molecular weight is 321 g/mol. The summed E-state index contributed by atoms with van der Waals surface area (Å²) in [6.07, 6.45) is 7.79. The summed E-state index contributed by atoms with van der Waals surface area (Å²) < 4.78 is 14.5. The molecule has 2 atom stereocenters. The van der Waals surface area contributed by atoms with Crippen molar-refractivity contribution in [2.75, 3.05) is 0 Å². The largest absolute Gasteiger partial charge is 0.350 e. The van der Waals surface area contributed by atoms with E-state index in [0.717, 1.165) is 31.3 Å². The van der Waals surface area contributed by atoms with E-state index in [4.69, 9.17) is 0 Å². The van der Waals surface area contributed by atoms with Crippen LogP contribution in [0.3, 0.4) is 0 Å². The first-order valence-corrected chi connectivity index (χ1v) is 8.82. The van der Waals surface area contributed by atoms with Crippen LogP contribution in [0.2, 0.25) is 0 Å². The monoisotopic (exact) mass is 321 g/mol. The van der Waals surface area contributed by atoms with Gasteiger partial charge in [-0.25, -0.2) is 4.39 Å². The van der Waals surface area contributed by atoms with Crippen molar-refractivity contribution in [3.63, 3.8) is 0 Å². The Morgan fingerprint density at radius 2 is 2.00 bits per heavy atom. The van der Waals surface area contributed by atoms with Crippen LogP contribution in [0.5, 0.6) is 0 Å². The number of rotatable bonds is 6. The van der Waals surface area contributed by atoms with Gasteiger partial charge in [0.05, 0.1) is 0 Å². The number of nitrogens with one attached hydrogen (secondary N) is 1. The number of carbonyl (C=O) groups is 2. The summed E-state index contributed by atoms with van der Waals surface area (Å²) >= 11 is 0. The molecule has 0 fully saturated rings. The van der Waals surface area contributed by atoms with Gasteiger partial charge in [-0.05, 0) is 51.9 Å². The van der Waals surface area contributed by atoms with Crippen molar-refractivity contribution in [1.29, 1.82) is 0 Å². The predicted molar refractivity (Wildman–Crippen MR) is 89.5 cm³/mol. The summed E-state index contributed by atoms with van der Waals surface area (Å²) in [4.78, 5) is 24.2. The molecule has 0 radical (unpaired) electrons. The number of amides is 1. The van der Waals surface area contributed by atoms with Crippen LogP contribution >= 0.6 is 0 Å². The maximum absolute atomic E-state index is 14.5. The molecule has 23 heavy (non-hydrogen) atoms. The van der Waals surface area contributed by atoms with Crippen LogP contribution in [0.15, 0.2) is 23.0 Å². The van der Waals surface area contributed by atoms with Crippen molar-refractivity contribution in [3.8, 4) is 0 Å². The van der Waals surface area contributed by atoms with E-state index in [-0.39, 0.29) is 35.4 Å². The van der Waals surface area contributed by atoms with Gasteiger partial charge < -0.3 is 5.32 Å². The smallest absolute Gasteiger partial charge is 0.247 e. The number of hydrogen-bond acceptors (Lipinski definition) is 2. The molecule has 0 saturated heterocycles. The molecule has 1 amide bonds. The van der Waals surface area contributed by atoms with E-state index in [2.05, 4.69) is 5.32 Å². The highest BCUT2D eigenvalue weighted by atomic mass is 19.1. The van der Waals surface area contributed by atoms with Crippen molar-refractivity contribution >= 4 is 11.7 Å². The first-order chi connectivity index (χ1) is 10.9. The predicted octanol–water partition coefficient (Wildman–Crippen LogP) is 4.24. The molecule has 0 bridgehead atoms. The lowest BCUT2D eigenvalue weighted by atomic mass is 9.97. The van der Waals surface area contributed by atoms with Gasteiger partial charge in [0.2, 0.25) is 5.91 Å². The van der Waals surface area contributed by atoms with Crippen molar-refractivity contribution in [2.24, 2.45) is 11.8 Å². The Labute approximate surface area is 138 Å². The van der Waals surface area contributed by atoms with Crippen LogP contribution in [0.1, 0.15) is 65.7 Å². The zero-order valence-electron chi connectivity index (χ0n) is 14.5. The highest BCUT2D eigenvalue weighted by Crippen LogP contribution is 2.37. The van der Waals surface area contributed by atoms with Gasteiger partial charge in [-0.15, -0.1) is 0 Å². The van der Waals surface area contributed by atoms with Crippen LogP contribution in [-0.2, 0) is 9.59 Å². The molecule has 0 spiro atoms. The molecule has 0 saturated carbocycles. The number of allylic oxidation sites excluding steroid dienone is 3. The van der Waals surface area contributed by atoms with Gasteiger partial charge in [-0.2, -0.15) is 0 Å². The maximum atomic E-state index is 14.5. The molecule has 128 valence electrons. The second-order valence-electron chi connectivity index (χ2n) is 7.17. The molecule has 1 N–H and O–H groups in total. The molecule has 2 aliphatic rings. The molecule has 0 aliphatic heterocycles. The topological polar surface area (TPSA) is 46.2 Å². The van der Waals surface area contributed by atoms with Crippen molar-refractivity contribution in [3.05, 3.63) is 23.0 Å². The summed E-state index contributed by atoms with van der Waals surface area (Å²) in [6, 6.07) is -0.0884. The number of carbonyl (C=O) groups excluding carboxylic acids is 2. The Kier molecular flexibility index (Phi) is 6.14. The van der Waals surface area contributed by atoms with Gasteiger partial charge in [0.15, 0.2) is 5.78 Å². The molecule has 4 heteroatoms. The standard InChI is InChI=1S/C19H28FNO2/c1-12(2)18(22)16-10-9-15(17(16)20)11-13(3)21-19(23)14-7-5-4-6-8-14/h7,12-13,15H,4-6,8-11H2,1-3H3,(H,21,23). The molecule has 2 aliphatic carbocycles. The van der Waals surface area contributed by atoms with E-state index in [1.54, 1.807) is 13.8 Å². The fraction of sp³-hybridized carbons (Fsp3) is 0.684. The fourth-order valence-electron chi connectivity index (χ4n) is 3.47. The summed E-state index contributed by atoms with van der Waals surface area (Å²) in [7, 11) is 0. The van der Waals surface area contributed by atoms with Crippen LogP contribution in [-0.4, -0.2) is 17.7 Å². The minimum absolute atomic E-state index is 0.0157. The summed E-state index contributed by atoms with van der Waals surface area (Å²) in [6.45, 7) is 5.52. The zero-order valence-corrected chi connectivity index (χ0v) is 14.5. The Hall–Kier alpha value is -1.45. The number of ketones is 1. The first kappa shape index (κ1) is 17.9. The molecule has 0 aromatic carbocycles. The minimum atomic E-state index is -0.248. The SMILES string of the molecule is CC(CC1CCC(C(=O)C(C)C)=C1F)NC(=O)C1=CCCCC1. The number of halogens is 1. The third kappa shape index (κ3) is 4.52. The Morgan fingerprint density at radius 3 is 2.61 bits per heavy atom. The van der Waals surface area contributed by atoms with Gasteiger partial charge >= 0.3 is 0 Å². The lowest BCUT2D eigenvalue weighted by molar-refractivity contribution is -0.119. The molecular formula is C19H28FNO2. The minimum Gasteiger partial charge on any atom is -0.350 e. The van der Waals surface area contributed by atoms with E-state index in [1.165, 1.54) is 0 Å². The number of hydrogen-bond donors (Lipinski definition) is 1. The van der Waals surface area contributed by atoms with Crippen molar-refractivity contribution in [1.82, 2.24) is 5.32 Å². The van der Waals surface area contributed by atoms with Gasteiger partial charge in [0.25, 0.3) is 0 Å². The van der Waals surface area contributed by atoms with Gasteiger partial charge in [0.1, 0.15) is 5.83 Å². The fourth-order valence-corrected chi connectivity index (χ4v) is 3.47. The van der Waals surface area contributed by atoms with E-state index in [9.17, 15) is 14.0 Å². The zero-order chi connectivity index (χ0) is 17.0. The molecular weight excluding hydrogens is 293 g/mol. The van der Waals surface area contributed by atoms with Crippen molar-refractivity contribution < 1.29 is 14.0 Å². The lowest BCUT2D eigenvalue weighted by Gasteiger charge is -2.20. The Balaban J connectivity index is 1.90. The van der Waals surface area contributed by atoms with E-state index >= 15 is 0 Å². The third-order valence-electron chi connectivity index (χ3n) is 4.81. The second kappa shape index (κ2) is 7.89. The van der Waals surface area contributed by atoms with Crippen LogP contribution in [0.4, 0.5) is 4.39 Å². The molecule has 2 rings (SSSR count). The lowest BCUT2D eigenvalue weighted by Crippen LogP contribution is -2.35. The summed E-state index contributed by atoms with van der Waals surface area (Å²) in [5.41, 5.74) is 1.24. The van der Waals surface area contributed by atoms with Crippen molar-refractivity contribution in [2.45, 2.75) is 71.8 Å². The normalized spacial score (nSPS) is 23.0. The summed E-state index contributed by atoms with van der Waals surface area (Å²) in [5.74, 6) is -0.734. The second-order valence-corrected chi connectivity index (χ2v) is 7.17. The quantitative estimate of drug-likeness (QED) is 0.795. The molecule has 3 nitrogen and oxygen atoms in total. The third-order valence-corrected chi connectivity index (χ3v) is 4.81. The molecule has 2 unspecified atom stereocenters. The van der Waals surface area contributed by atoms with E-state index in [0.29, 0.717) is 24.8 Å². The van der Waals surface area contributed by atoms with Gasteiger partial charge in [-0.1, -0.05) is 19.9 Å². The molecule has 0 aromatic heterocycles. The summed E-state index contributed by atoms with van der Waals surface area (Å²) in [5, 5.41) is 2.98. The highest BCUT2D eigenvalue weighted by molar-refractivity contribution is 5.97. The molecule has 0 aromatic rings. The van der Waals surface area contributed by atoms with E-state index < -0.39 is 0 Å². The molecule has 0 heterocycles. The van der Waals surface area contributed by atoms with Gasteiger partial charge in [0, 0.05) is 29.0 Å². The van der Waals surface area contributed by atoms with Crippen LogP contribution in [0, 0.1) is 11.8 Å². The number of Topliss-reactive ketones (excluding diaryl/α,β-unsaturated/α-hetero) is 1. The van der Waals surface area contributed by atoms with Crippen LogP contribution in [0.25, 0.3) is 0 Å². The van der Waals surface area contributed by atoms with Crippen LogP contribution < -0.4 is 5.32 Å². The Bertz CT molecular complexity index is 533. The highest BCUT2D eigenvalue weighted by Gasteiger charge is 2.32. The van der Waals surface area contributed by atoms with E-state index in [1.807, 2.05) is 13.0 Å². The maximum Gasteiger partial charge on any atom is 0.247 e. The van der Waals surface area contributed by atoms with Gasteiger partial charge in [-0.3, -0.25) is 9.59 Å².